The van der Waals surface area contributed by atoms with Gasteiger partial charge in [0.1, 0.15) is 0 Å². The first-order valence-corrected chi connectivity index (χ1v) is 7.48. The summed E-state index contributed by atoms with van der Waals surface area (Å²) in [6, 6.07) is 7.59. The van der Waals surface area contributed by atoms with E-state index in [0.717, 1.165) is 31.2 Å². The van der Waals surface area contributed by atoms with Crippen LogP contribution in [-0.2, 0) is 0 Å². The molecule has 0 saturated carbocycles. The van der Waals surface area contributed by atoms with Crippen molar-refractivity contribution in [3.63, 3.8) is 0 Å². The Morgan fingerprint density at radius 3 is 2.70 bits per heavy atom. The molecule has 1 aliphatic rings. The Bertz CT molecular complexity index is 439. The van der Waals surface area contributed by atoms with Crippen LogP contribution in [0.4, 0.5) is 5.69 Å². The number of para-hydroxylation sites is 1. The molecule has 0 unspecified atom stereocenters. The summed E-state index contributed by atoms with van der Waals surface area (Å²) in [6.07, 6.45) is 2.55. The van der Waals surface area contributed by atoms with Crippen LogP contribution in [0, 0.1) is 5.92 Å². The molecule has 2 rings (SSSR count). The van der Waals surface area contributed by atoms with Gasteiger partial charge in [0.05, 0.1) is 5.56 Å². The molecule has 2 N–H and O–H groups in total. The Labute approximate surface area is 121 Å². The van der Waals surface area contributed by atoms with E-state index in [4.69, 9.17) is 0 Å². The van der Waals surface area contributed by atoms with E-state index >= 15 is 0 Å². The molecule has 1 saturated heterocycles. The van der Waals surface area contributed by atoms with Gasteiger partial charge >= 0.3 is 0 Å². The number of hydrogen-bond donors (Lipinski definition) is 2. The van der Waals surface area contributed by atoms with Crippen molar-refractivity contribution in [1.29, 1.82) is 0 Å². The zero-order chi connectivity index (χ0) is 14.4. The third kappa shape index (κ3) is 3.97. The summed E-state index contributed by atoms with van der Waals surface area (Å²) in [7, 11) is 1.83. The van der Waals surface area contributed by atoms with E-state index < -0.39 is 0 Å². The summed E-state index contributed by atoms with van der Waals surface area (Å²) in [5, 5.41) is 6.06. The van der Waals surface area contributed by atoms with Gasteiger partial charge in [-0.3, -0.25) is 4.79 Å². The maximum Gasteiger partial charge on any atom is 0.253 e. The molecule has 0 atom stereocenters. The summed E-state index contributed by atoms with van der Waals surface area (Å²) in [5.41, 5.74) is 1.58. The fourth-order valence-electron chi connectivity index (χ4n) is 2.61. The van der Waals surface area contributed by atoms with Crippen LogP contribution < -0.4 is 10.6 Å². The van der Waals surface area contributed by atoms with Gasteiger partial charge in [-0.25, -0.2) is 0 Å². The Morgan fingerprint density at radius 2 is 2.00 bits per heavy atom. The lowest BCUT2D eigenvalue weighted by Gasteiger charge is -2.30. The Kier molecular flexibility index (Phi) is 5.41. The van der Waals surface area contributed by atoms with Gasteiger partial charge in [-0.1, -0.05) is 19.1 Å². The van der Waals surface area contributed by atoms with Crippen molar-refractivity contribution in [3.8, 4) is 0 Å². The lowest BCUT2D eigenvalue weighted by atomic mass is 9.99. The Hall–Kier alpha value is -1.55. The summed E-state index contributed by atoms with van der Waals surface area (Å²) >= 11 is 0. The van der Waals surface area contributed by atoms with Crippen LogP contribution >= 0.6 is 0 Å². The third-order valence-electron chi connectivity index (χ3n) is 4.03. The van der Waals surface area contributed by atoms with Crippen LogP contribution in [0.25, 0.3) is 0 Å². The highest BCUT2D eigenvalue weighted by Gasteiger charge is 2.15. The molecule has 0 radical (unpaired) electrons. The van der Waals surface area contributed by atoms with Crippen LogP contribution in [0.15, 0.2) is 24.3 Å². The number of rotatable bonds is 5. The zero-order valence-corrected chi connectivity index (χ0v) is 12.5. The van der Waals surface area contributed by atoms with Gasteiger partial charge in [0, 0.05) is 25.8 Å². The molecule has 1 heterocycles. The smallest absolute Gasteiger partial charge is 0.253 e. The summed E-state index contributed by atoms with van der Waals surface area (Å²) in [5.74, 6) is 0.851. The standard InChI is InChI=1S/C16H25N3O/c1-13-7-10-19(11-8-13)12-9-18-16(20)14-5-3-4-6-15(14)17-2/h3-6,13,17H,7-12H2,1-2H3,(H,18,20). The highest BCUT2D eigenvalue weighted by atomic mass is 16.1. The van der Waals surface area contributed by atoms with Gasteiger partial charge in [-0.05, 0) is 44.0 Å². The molecule has 0 spiro atoms. The number of benzene rings is 1. The first kappa shape index (κ1) is 14.9. The van der Waals surface area contributed by atoms with Crippen LogP contribution in [0.1, 0.15) is 30.1 Å². The third-order valence-corrected chi connectivity index (χ3v) is 4.03. The Morgan fingerprint density at radius 1 is 1.30 bits per heavy atom. The second-order valence-corrected chi connectivity index (χ2v) is 5.58. The molecular weight excluding hydrogens is 250 g/mol. The zero-order valence-electron chi connectivity index (χ0n) is 12.5. The van der Waals surface area contributed by atoms with Gasteiger partial charge in [-0.2, -0.15) is 0 Å². The van der Waals surface area contributed by atoms with E-state index in [0.29, 0.717) is 12.1 Å². The maximum atomic E-state index is 12.1. The van der Waals surface area contributed by atoms with E-state index in [1.165, 1.54) is 12.8 Å². The fourth-order valence-corrected chi connectivity index (χ4v) is 2.61. The van der Waals surface area contributed by atoms with Gasteiger partial charge in [-0.15, -0.1) is 0 Å². The first-order valence-electron chi connectivity index (χ1n) is 7.48. The summed E-state index contributed by atoms with van der Waals surface area (Å²) in [6.45, 7) is 6.29. The summed E-state index contributed by atoms with van der Waals surface area (Å²) in [4.78, 5) is 14.6. The molecule has 1 aromatic rings. The van der Waals surface area contributed by atoms with E-state index in [-0.39, 0.29) is 5.91 Å². The molecular formula is C16H25N3O. The van der Waals surface area contributed by atoms with E-state index in [1.54, 1.807) is 0 Å². The molecule has 0 aromatic heterocycles. The molecule has 110 valence electrons. The minimum atomic E-state index is 0.000303. The average Bonchev–Trinajstić information content (AvgIpc) is 2.49. The number of nitrogens with one attached hydrogen (secondary N) is 2. The predicted octanol–water partition coefficient (Wildman–Crippen LogP) is 2.19. The fraction of sp³-hybridized carbons (Fsp3) is 0.562. The van der Waals surface area contributed by atoms with Crippen LogP contribution in [0.5, 0.6) is 0 Å². The van der Waals surface area contributed by atoms with E-state index in [2.05, 4.69) is 22.5 Å². The van der Waals surface area contributed by atoms with E-state index in [1.807, 2.05) is 31.3 Å². The van der Waals surface area contributed by atoms with Gasteiger partial charge in [0.2, 0.25) is 0 Å². The Balaban J connectivity index is 1.78. The van der Waals surface area contributed by atoms with Crippen molar-refractivity contribution < 1.29 is 4.79 Å². The molecule has 20 heavy (non-hydrogen) atoms. The lowest BCUT2D eigenvalue weighted by Crippen LogP contribution is -2.39. The van der Waals surface area contributed by atoms with Gasteiger partial charge < -0.3 is 15.5 Å². The molecule has 4 nitrogen and oxygen atoms in total. The minimum Gasteiger partial charge on any atom is -0.387 e. The van der Waals surface area contributed by atoms with Crippen molar-refractivity contribution in [2.75, 3.05) is 38.5 Å². The van der Waals surface area contributed by atoms with Gasteiger partial charge in [0.25, 0.3) is 5.91 Å². The number of amides is 1. The highest BCUT2D eigenvalue weighted by Crippen LogP contribution is 2.15. The predicted molar refractivity (Wildman–Crippen MR) is 83.2 cm³/mol. The number of nitrogens with zero attached hydrogens (tertiary/aromatic N) is 1. The molecule has 0 bridgehead atoms. The SMILES string of the molecule is CNc1ccccc1C(=O)NCCN1CCC(C)CC1. The van der Waals surface area contributed by atoms with Crippen LogP contribution in [-0.4, -0.2) is 44.0 Å². The normalized spacial score (nSPS) is 16.9. The summed E-state index contributed by atoms with van der Waals surface area (Å²) < 4.78 is 0. The molecule has 4 heteroatoms. The van der Waals surface area contributed by atoms with Crippen molar-refractivity contribution in [3.05, 3.63) is 29.8 Å². The number of hydrogen-bond acceptors (Lipinski definition) is 3. The number of anilines is 1. The number of carbonyl (C=O) groups excluding carboxylic acids is 1. The number of piperidine rings is 1. The van der Waals surface area contributed by atoms with Crippen molar-refractivity contribution in [2.24, 2.45) is 5.92 Å². The molecule has 1 fully saturated rings. The van der Waals surface area contributed by atoms with Crippen molar-refractivity contribution in [2.45, 2.75) is 19.8 Å². The number of carbonyl (C=O) groups is 1. The second kappa shape index (κ2) is 7.29. The second-order valence-electron chi connectivity index (χ2n) is 5.58. The average molecular weight is 275 g/mol. The quantitative estimate of drug-likeness (QED) is 0.866. The molecule has 1 amide bonds. The van der Waals surface area contributed by atoms with Crippen LogP contribution in [0.2, 0.25) is 0 Å². The highest BCUT2D eigenvalue weighted by molar-refractivity contribution is 5.99. The van der Waals surface area contributed by atoms with Crippen molar-refractivity contribution >= 4 is 11.6 Å². The van der Waals surface area contributed by atoms with Crippen molar-refractivity contribution in [1.82, 2.24) is 10.2 Å². The molecule has 0 aliphatic carbocycles. The maximum absolute atomic E-state index is 12.1. The largest absolute Gasteiger partial charge is 0.387 e. The molecule has 1 aliphatic heterocycles. The monoisotopic (exact) mass is 275 g/mol. The number of likely N-dealkylation sites (tertiary alicyclic amines) is 1. The minimum absolute atomic E-state index is 0.000303. The molecule has 1 aromatic carbocycles. The van der Waals surface area contributed by atoms with E-state index in [9.17, 15) is 4.79 Å². The topological polar surface area (TPSA) is 44.4 Å². The first-order chi connectivity index (χ1) is 9.70. The lowest BCUT2D eigenvalue weighted by molar-refractivity contribution is 0.0945. The van der Waals surface area contributed by atoms with Gasteiger partial charge in [0.15, 0.2) is 0 Å². The van der Waals surface area contributed by atoms with Crippen LogP contribution in [0.3, 0.4) is 0 Å².